The summed E-state index contributed by atoms with van der Waals surface area (Å²) in [6, 6.07) is 0. The van der Waals surface area contributed by atoms with E-state index in [9.17, 15) is 9.59 Å². The molecule has 0 aliphatic rings. The van der Waals surface area contributed by atoms with E-state index < -0.39 is 0 Å². The normalized spacial score (nSPS) is 11.2. The topological polar surface area (TPSA) is 98.7 Å². The molecule has 0 heterocycles. The summed E-state index contributed by atoms with van der Waals surface area (Å²) >= 11 is 0. The van der Waals surface area contributed by atoms with E-state index in [-0.39, 0.29) is 11.8 Å². The molecule has 0 fully saturated rings. The van der Waals surface area contributed by atoms with Crippen LogP contribution < -0.4 is 10.6 Å². The van der Waals surface area contributed by atoms with Crippen LogP contribution in [0, 0.1) is 0 Å². The number of unbranched alkanes of at least 4 members (excludes halogenated alkanes) is 25. The van der Waals surface area contributed by atoms with E-state index in [1.54, 1.807) is 0 Å². The highest BCUT2D eigenvalue weighted by atomic mass is 16.3. The first-order chi connectivity index (χ1) is 20.7. The third kappa shape index (κ3) is 35.1. The molecule has 0 spiro atoms. The van der Waals surface area contributed by atoms with Gasteiger partial charge < -0.3 is 20.8 Å². The molecular weight excluding hydrogens is 524 g/mol. The summed E-state index contributed by atoms with van der Waals surface area (Å²) in [5.41, 5.74) is 0. The highest BCUT2D eigenvalue weighted by molar-refractivity contribution is 5.76. The second-order valence-electron chi connectivity index (χ2n) is 12.5. The van der Waals surface area contributed by atoms with Crippen LogP contribution in [0.1, 0.15) is 193 Å². The Kier molecular flexibility index (Phi) is 35.1. The minimum Gasteiger partial charge on any atom is -0.396 e. The van der Waals surface area contributed by atoms with E-state index in [2.05, 4.69) is 10.6 Å². The lowest BCUT2D eigenvalue weighted by Gasteiger charge is -2.07. The second-order valence-corrected chi connectivity index (χ2v) is 12.5. The molecule has 42 heavy (non-hydrogen) atoms. The van der Waals surface area contributed by atoms with E-state index in [1.807, 2.05) is 0 Å². The molecule has 2 amide bonds. The predicted octanol–water partition coefficient (Wildman–Crippen LogP) is 8.91. The van der Waals surface area contributed by atoms with Crippen molar-refractivity contribution < 1.29 is 19.8 Å². The van der Waals surface area contributed by atoms with Crippen LogP contribution in [0.4, 0.5) is 0 Å². The Morgan fingerprint density at radius 3 is 0.762 bits per heavy atom. The van der Waals surface area contributed by atoms with Crippen molar-refractivity contribution in [3.63, 3.8) is 0 Å². The Balaban J connectivity index is 3.25. The minimum absolute atomic E-state index is 0.170. The quantitative estimate of drug-likeness (QED) is 0.0549. The number of rotatable bonds is 35. The van der Waals surface area contributed by atoms with Crippen molar-refractivity contribution in [1.29, 1.82) is 0 Å². The molecule has 0 aliphatic carbocycles. The third-order valence-corrected chi connectivity index (χ3v) is 8.37. The molecular formula is C36H72N2O4. The van der Waals surface area contributed by atoms with Gasteiger partial charge in [0.25, 0.3) is 0 Å². The average Bonchev–Trinajstić information content (AvgIpc) is 2.99. The van der Waals surface area contributed by atoms with Crippen molar-refractivity contribution in [2.75, 3.05) is 26.3 Å². The van der Waals surface area contributed by atoms with Crippen LogP contribution in [0.3, 0.4) is 0 Å². The Bertz CT molecular complexity index is 511. The molecule has 0 radical (unpaired) electrons. The Labute approximate surface area is 261 Å². The van der Waals surface area contributed by atoms with Crippen LogP contribution >= 0.6 is 0 Å². The zero-order valence-electron chi connectivity index (χ0n) is 27.8. The Morgan fingerprint density at radius 2 is 0.524 bits per heavy atom. The maximum atomic E-state index is 12.0. The van der Waals surface area contributed by atoms with Crippen molar-refractivity contribution in [3.8, 4) is 0 Å². The van der Waals surface area contributed by atoms with Gasteiger partial charge in [-0.25, -0.2) is 0 Å². The van der Waals surface area contributed by atoms with Gasteiger partial charge in [0.05, 0.1) is 0 Å². The highest BCUT2D eigenvalue weighted by Crippen LogP contribution is 2.14. The first kappa shape index (κ1) is 40.9. The number of hydrogen-bond donors (Lipinski definition) is 4. The molecule has 0 saturated carbocycles. The first-order valence-corrected chi connectivity index (χ1v) is 18.5. The van der Waals surface area contributed by atoms with Crippen molar-refractivity contribution in [3.05, 3.63) is 0 Å². The van der Waals surface area contributed by atoms with E-state index in [1.165, 1.54) is 128 Å². The summed E-state index contributed by atoms with van der Waals surface area (Å²) in [5.74, 6) is 0.339. The summed E-state index contributed by atoms with van der Waals surface area (Å²) in [6.07, 6.45) is 35.3. The van der Waals surface area contributed by atoms with Gasteiger partial charge in [0, 0.05) is 39.1 Å². The van der Waals surface area contributed by atoms with Crippen LogP contribution in [-0.2, 0) is 9.59 Å². The molecule has 0 unspecified atom stereocenters. The largest absolute Gasteiger partial charge is 0.396 e. The molecule has 0 aliphatic heterocycles. The summed E-state index contributed by atoms with van der Waals surface area (Å²) in [5, 5.41) is 23.6. The summed E-state index contributed by atoms with van der Waals surface area (Å²) in [6.45, 7) is 2.09. The summed E-state index contributed by atoms with van der Waals surface area (Å²) in [4.78, 5) is 24.0. The zero-order valence-corrected chi connectivity index (χ0v) is 27.8. The van der Waals surface area contributed by atoms with Gasteiger partial charge in [-0.15, -0.1) is 0 Å². The maximum Gasteiger partial charge on any atom is 0.219 e. The number of hydrogen-bond acceptors (Lipinski definition) is 4. The van der Waals surface area contributed by atoms with Crippen LogP contribution in [0.5, 0.6) is 0 Å². The van der Waals surface area contributed by atoms with Gasteiger partial charge in [-0.05, 0) is 38.5 Å². The van der Waals surface area contributed by atoms with E-state index in [4.69, 9.17) is 10.2 Å². The van der Waals surface area contributed by atoms with Gasteiger partial charge in [-0.3, -0.25) is 9.59 Å². The molecule has 0 bridgehead atoms. The fourth-order valence-electron chi connectivity index (χ4n) is 5.57. The summed E-state index contributed by atoms with van der Waals surface area (Å²) < 4.78 is 0. The minimum atomic E-state index is 0.170. The lowest BCUT2D eigenvalue weighted by molar-refractivity contribution is -0.122. The molecule has 6 nitrogen and oxygen atoms in total. The van der Waals surface area contributed by atoms with Gasteiger partial charge in [-0.1, -0.05) is 141 Å². The fraction of sp³-hybridized carbons (Fsp3) is 0.944. The number of amides is 2. The molecule has 0 aromatic carbocycles. The summed E-state index contributed by atoms with van der Waals surface area (Å²) in [7, 11) is 0. The van der Waals surface area contributed by atoms with Crippen molar-refractivity contribution in [1.82, 2.24) is 10.6 Å². The lowest BCUT2D eigenvalue weighted by Crippen LogP contribution is -2.27. The Morgan fingerprint density at radius 1 is 0.310 bits per heavy atom. The van der Waals surface area contributed by atoms with E-state index in [0.29, 0.717) is 39.1 Å². The number of aliphatic hydroxyl groups excluding tert-OH is 2. The maximum absolute atomic E-state index is 12.0. The van der Waals surface area contributed by atoms with E-state index in [0.717, 1.165) is 51.4 Å². The van der Waals surface area contributed by atoms with Gasteiger partial charge in [0.1, 0.15) is 0 Å². The van der Waals surface area contributed by atoms with E-state index >= 15 is 0 Å². The van der Waals surface area contributed by atoms with Gasteiger partial charge >= 0.3 is 0 Å². The van der Waals surface area contributed by atoms with Crippen LogP contribution in [0.15, 0.2) is 0 Å². The molecule has 4 N–H and O–H groups in total. The van der Waals surface area contributed by atoms with Crippen molar-refractivity contribution >= 4 is 11.8 Å². The van der Waals surface area contributed by atoms with Crippen LogP contribution in [0.2, 0.25) is 0 Å². The van der Waals surface area contributed by atoms with Crippen LogP contribution in [0.25, 0.3) is 0 Å². The number of aliphatic hydroxyl groups is 2. The van der Waals surface area contributed by atoms with Crippen molar-refractivity contribution in [2.24, 2.45) is 0 Å². The predicted molar refractivity (Wildman–Crippen MR) is 179 cm³/mol. The number of nitrogens with one attached hydrogen (secondary N) is 2. The van der Waals surface area contributed by atoms with Gasteiger partial charge in [0.2, 0.25) is 11.8 Å². The first-order valence-electron chi connectivity index (χ1n) is 18.5. The third-order valence-electron chi connectivity index (χ3n) is 8.37. The zero-order chi connectivity index (χ0) is 30.6. The molecule has 0 saturated heterocycles. The average molecular weight is 597 g/mol. The highest BCUT2D eigenvalue weighted by Gasteiger charge is 2.03. The van der Waals surface area contributed by atoms with Crippen molar-refractivity contribution in [2.45, 2.75) is 193 Å². The van der Waals surface area contributed by atoms with Crippen LogP contribution in [-0.4, -0.2) is 48.3 Å². The monoisotopic (exact) mass is 597 g/mol. The second kappa shape index (κ2) is 36.1. The molecule has 250 valence electrons. The standard InChI is InChI=1S/C36H72N2O4/c39-33-27-21-17-13-9-5-1-3-7-11-15-19-23-29-35(41)37-31-25-26-32-38-36(42)30-24-20-16-12-8-4-2-6-10-14-18-22-28-34-40/h39-40H,1-34H2,(H,37,41)(H,38,42). The smallest absolute Gasteiger partial charge is 0.219 e. The fourth-order valence-corrected chi connectivity index (χ4v) is 5.57. The number of carbonyl (C=O) groups is 2. The Hall–Kier alpha value is -1.14. The molecule has 6 heteroatoms. The molecule has 0 rings (SSSR count). The molecule has 0 aromatic heterocycles. The SMILES string of the molecule is O=C(CCCCCCCCCCCCCCCO)NCCCCNC(=O)CCCCCCCCCCCCCCCO. The lowest BCUT2D eigenvalue weighted by atomic mass is 10.0. The molecule has 0 aromatic rings. The number of carbonyl (C=O) groups excluding carboxylic acids is 2. The van der Waals surface area contributed by atoms with Gasteiger partial charge in [-0.2, -0.15) is 0 Å². The molecule has 0 atom stereocenters. The van der Waals surface area contributed by atoms with Gasteiger partial charge in [0.15, 0.2) is 0 Å².